The van der Waals surface area contributed by atoms with Crippen molar-refractivity contribution < 1.29 is 14.6 Å². The van der Waals surface area contributed by atoms with E-state index in [2.05, 4.69) is 5.32 Å². The lowest BCUT2D eigenvalue weighted by Gasteiger charge is -2.23. The van der Waals surface area contributed by atoms with Gasteiger partial charge in [0.1, 0.15) is 5.75 Å². The maximum atomic E-state index is 11.9. The molecule has 1 aliphatic carbocycles. The molecule has 0 unspecified atom stereocenters. The fourth-order valence-electron chi connectivity index (χ4n) is 2.90. The molecule has 1 aliphatic rings. The first-order valence-corrected chi connectivity index (χ1v) is 8.47. The molecule has 0 saturated heterocycles. The quantitative estimate of drug-likeness (QED) is 0.847. The number of aliphatic hydroxyl groups excluding tert-OH is 1. The lowest BCUT2D eigenvalue weighted by molar-refractivity contribution is 0.143. The van der Waals surface area contributed by atoms with Crippen LogP contribution in [-0.2, 0) is 6.54 Å². The Morgan fingerprint density at radius 3 is 2.83 bits per heavy atom. The molecule has 0 heterocycles. The predicted molar refractivity (Wildman–Crippen MR) is 90.5 cm³/mol. The van der Waals surface area contributed by atoms with Crippen LogP contribution >= 0.6 is 0 Å². The van der Waals surface area contributed by atoms with Crippen LogP contribution in [0.25, 0.3) is 0 Å². The van der Waals surface area contributed by atoms with Crippen LogP contribution in [-0.4, -0.2) is 41.8 Å². The summed E-state index contributed by atoms with van der Waals surface area (Å²) in [4.78, 5) is 13.4. The van der Waals surface area contributed by atoms with Crippen LogP contribution in [0, 0.1) is 0 Å². The minimum atomic E-state index is -0.530. The van der Waals surface area contributed by atoms with Crippen molar-refractivity contribution in [3.05, 3.63) is 29.8 Å². The number of aliphatic hydroxyl groups is 1. The van der Waals surface area contributed by atoms with E-state index in [4.69, 9.17) is 4.74 Å². The van der Waals surface area contributed by atoms with Gasteiger partial charge in [0.25, 0.3) is 0 Å². The number of ether oxygens (including phenoxy) is 1. The number of likely N-dealkylation sites (N-methyl/N-ethyl adjacent to an activating group) is 1. The Kier molecular flexibility index (Phi) is 6.71. The summed E-state index contributed by atoms with van der Waals surface area (Å²) in [5.41, 5.74) is 1.01. The summed E-state index contributed by atoms with van der Waals surface area (Å²) in [6.45, 7) is 2.43. The number of benzene rings is 1. The summed E-state index contributed by atoms with van der Waals surface area (Å²) in [5, 5.41) is 12.2. The highest BCUT2D eigenvalue weighted by Gasteiger charge is 2.15. The Morgan fingerprint density at radius 1 is 1.39 bits per heavy atom. The first-order chi connectivity index (χ1) is 11.0. The molecule has 0 aromatic heterocycles. The van der Waals surface area contributed by atoms with Crippen molar-refractivity contribution in [2.75, 3.05) is 13.6 Å². The summed E-state index contributed by atoms with van der Waals surface area (Å²) in [5.74, 6) is 0.876. The van der Waals surface area contributed by atoms with E-state index < -0.39 is 6.10 Å². The van der Waals surface area contributed by atoms with Crippen molar-refractivity contribution in [3.63, 3.8) is 0 Å². The average molecular weight is 320 g/mol. The van der Waals surface area contributed by atoms with Crippen molar-refractivity contribution in [2.45, 2.75) is 57.8 Å². The normalized spacial score (nSPS) is 16.7. The van der Waals surface area contributed by atoms with Crippen LogP contribution in [0.2, 0.25) is 0 Å². The van der Waals surface area contributed by atoms with Crippen molar-refractivity contribution in [2.24, 2.45) is 0 Å². The third kappa shape index (κ3) is 6.10. The SMILES string of the molecule is C[C@H](O)CN(C)C(=O)NCc1cccc(OC2CCCCC2)c1. The highest BCUT2D eigenvalue weighted by Crippen LogP contribution is 2.23. The second kappa shape index (κ2) is 8.77. The fraction of sp³-hybridized carbons (Fsp3) is 0.611. The predicted octanol–water partition coefficient (Wildman–Crippen LogP) is 2.92. The van der Waals surface area contributed by atoms with E-state index in [1.807, 2.05) is 24.3 Å². The molecule has 5 nitrogen and oxygen atoms in total. The summed E-state index contributed by atoms with van der Waals surface area (Å²) >= 11 is 0. The van der Waals surface area contributed by atoms with Gasteiger partial charge in [-0.3, -0.25) is 0 Å². The third-order valence-corrected chi connectivity index (χ3v) is 4.08. The molecule has 1 aromatic carbocycles. The zero-order chi connectivity index (χ0) is 16.7. The van der Waals surface area contributed by atoms with E-state index >= 15 is 0 Å². The van der Waals surface area contributed by atoms with Gasteiger partial charge in [-0.2, -0.15) is 0 Å². The molecule has 1 atom stereocenters. The van der Waals surface area contributed by atoms with E-state index in [-0.39, 0.29) is 6.03 Å². The summed E-state index contributed by atoms with van der Waals surface area (Å²) in [6, 6.07) is 7.70. The van der Waals surface area contributed by atoms with Gasteiger partial charge >= 0.3 is 6.03 Å². The van der Waals surface area contributed by atoms with Crippen molar-refractivity contribution in [3.8, 4) is 5.75 Å². The van der Waals surface area contributed by atoms with Gasteiger partial charge in [-0.25, -0.2) is 4.79 Å². The zero-order valence-corrected chi connectivity index (χ0v) is 14.1. The molecule has 2 amide bonds. The van der Waals surface area contributed by atoms with E-state index in [1.165, 1.54) is 24.2 Å². The Balaban J connectivity index is 1.83. The van der Waals surface area contributed by atoms with E-state index in [1.54, 1.807) is 14.0 Å². The lowest BCUT2D eigenvalue weighted by Crippen LogP contribution is -2.40. The van der Waals surface area contributed by atoms with Crippen molar-refractivity contribution >= 4 is 6.03 Å². The molecule has 23 heavy (non-hydrogen) atoms. The molecule has 1 saturated carbocycles. The molecule has 128 valence electrons. The minimum Gasteiger partial charge on any atom is -0.490 e. The number of carbonyl (C=O) groups is 1. The minimum absolute atomic E-state index is 0.190. The molecule has 0 radical (unpaired) electrons. The number of rotatable bonds is 6. The summed E-state index contributed by atoms with van der Waals surface area (Å²) in [7, 11) is 1.67. The molecule has 0 bridgehead atoms. The maximum Gasteiger partial charge on any atom is 0.317 e. The van der Waals surface area contributed by atoms with Gasteiger partial charge in [-0.05, 0) is 50.3 Å². The van der Waals surface area contributed by atoms with Gasteiger partial charge in [0, 0.05) is 20.1 Å². The van der Waals surface area contributed by atoms with Crippen molar-refractivity contribution in [1.29, 1.82) is 0 Å². The summed E-state index contributed by atoms with van der Waals surface area (Å²) in [6.07, 6.45) is 5.86. The number of hydrogen-bond donors (Lipinski definition) is 2. The van der Waals surface area contributed by atoms with E-state index in [9.17, 15) is 9.90 Å². The number of amides is 2. The largest absolute Gasteiger partial charge is 0.490 e. The molecule has 1 fully saturated rings. The number of carbonyl (C=O) groups excluding carboxylic acids is 1. The number of nitrogens with zero attached hydrogens (tertiary/aromatic N) is 1. The Morgan fingerprint density at radius 2 is 2.13 bits per heavy atom. The van der Waals surface area contributed by atoms with Gasteiger partial charge < -0.3 is 20.1 Å². The van der Waals surface area contributed by atoms with Gasteiger partial charge in [-0.15, -0.1) is 0 Å². The zero-order valence-electron chi connectivity index (χ0n) is 14.1. The van der Waals surface area contributed by atoms with Gasteiger partial charge in [0.2, 0.25) is 0 Å². The van der Waals surface area contributed by atoms with Crippen LogP contribution in [0.3, 0.4) is 0 Å². The molecule has 0 aliphatic heterocycles. The van der Waals surface area contributed by atoms with Gasteiger partial charge in [0.15, 0.2) is 0 Å². The smallest absolute Gasteiger partial charge is 0.317 e. The molecule has 1 aromatic rings. The first-order valence-electron chi connectivity index (χ1n) is 8.47. The monoisotopic (exact) mass is 320 g/mol. The average Bonchev–Trinajstić information content (AvgIpc) is 2.53. The Labute approximate surface area is 138 Å². The van der Waals surface area contributed by atoms with Gasteiger partial charge in [0.05, 0.1) is 12.2 Å². The van der Waals surface area contributed by atoms with E-state index in [0.717, 1.165) is 24.2 Å². The van der Waals surface area contributed by atoms with Crippen LogP contribution < -0.4 is 10.1 Å². The van der Waals surface area contributed by atoms with Crippen LogP contribution in [0.1, 0.15) is 44.6 Å². The second-order valence-electron chi connectivity index (χ2n) is 6.41. The van der Waals surface area contributed by atoms with Crippen LogP contribution in [0.5, 0.6) is 5.75 Å². The van der Waals surface area contributed by atoms with Crippen molar-refractivity contribution in [1.82, 2.24) is 10.2 Å². The second-order valence-corrected chi connectivity index (χ2v) is 6.41. The topological polar surface area (TPSA) is 61.8 Å². The number of nitrogens with one attached hydrogen (secondary N) is 1. The van der Waals surface area contributed by atoms with E-state index in [0.29, 0.717) is 19.2 Å². The molecular weight excluding hydrogens is 292 g/mol. The molecule has 0 spiro atoms. The van der Waals surface area contributed by atoms with Crippen LogP contribution in [0.15, 0.2) is 24.3 Å². The fourth-order valence-corrected chi connectivity index (χ4v) is 2.90. The number of hydrogen-bond acceptors (Lipinski definition) is 3. The first kappa shape index (κ1) is 17.6. The Bertz CT molecular complexity index is 499. The molecule has 2 rings (SSSR count). The lowest BCUT2D eigenvalue weighted by atomic mass is 9.98. The summed E-state index contributed by atoms with van der Waals surface area (Å²) < 4.78 is 6.05. The molecular formula is C18H28N2O3. The highest BCUT2D eigenvalue weighted by molar-refractivity contribution is 5.73. The maximum absolute atomic E-state index is 11.9. The Hall–Kier alpha value is -1.75. The highest BCUT2D eigenvalue weighted by atomic mass is 16.5. The molecule has 5 heteroatoms. The third-order valence-electron chi connectivity index (χ3n) is 4.08. The molecule has 2 N–H and O–H groups in total. The number of urea groups is 1. The van der Waals surface area contributed by atoms with Gasteiger partial charge in [-0.1, -0.05) is 18.6 Å². The standard InChI is InChI=1S/C18H28N2O3/c1-14(21)13-20(2)18(22)19-12-15-7-6-10-17(11-15)23-16-8-4-3-5-9-16/h6-7,10-11,14,16,21H,3-5,8-9,12-13H2,1-2H3,(H,19,22)/t14-/m0/s1. The van der Waals surface area contributed by atoms with Crippen LogP contribution in [0.4, 0.5) is 4.79 Å².